The van der Waals surface area contributed by atoms with Crippen LogP contribution in [0.3, 0.4) is 0 Å². The summed E-state index contributed by atoms with van der Waals surface area (Å²) in [4.78, 5) is 16.0. The largest absolute Gasteiger partial charge is 0.467 e. The van der Waals surface area contributed by atoms with Crippen LogP contribution in [-0.4, -0.2) is 57.4 Å². The Morgan fingerprint density at radius 3 is 3.00 bits per heavy atom. The van der Waals surface area contributed by atoms with E-state index in [-0.39, 0.29) is 11.8 Å². The van der Waals surface area contributed by atoms with Crippen molar-refractivity contribution in [1.29, 1.82) is 0 Å². The fraction of sp³-hybridized carbons (Fsp3) is 0.643. The number of carbonyl (C=O) groups is 1. The first-order valence-electron chi connectivity index (χ1n) is 7.59. The number of amides is 1. The molecule has 0 bridgehead atoms. The van der Waals surface area contributed by atoms with Gasteiger partial charge in [-0.25, -0.2) is 9.86 Å². The van der Waals surface area contributed by atoms with E-state index in [1.807, 2.05) is 6.07 Å². The molecular weight excluding hydrogens is 320 g/mol. The monoisotopic (exact) mass is 344 g/mol. The Morgan fingerprint density at radius 2 is 2.35 bits per heavy atom. The second-order valence-electron chi connectivity index (χ2n) is 5.97. The fourth-order valence-electron chi connectivity index (χ4n) is 2.73. The normalized spacial score (nSPS) is 19.7. The van der Waals surface area contributed by atoms with E-state index in [9.17, 15) is 13.2 Å². The molecule has 130 valence electrons. The van der Waals surface area contributed by atoms with Crippen molar-refractivity contribution in [3.63, 3.8) is 0 Å². The van der Waals surface area contributed by atoms with E-state index >= 15 is 0 Å². The Morgan fingerprint density at radius 1 is 1.57 bits per heavy atom. The van der Waals surface area contributed by atoms with Gasteiger partial charge in [0.2, 0.25) is 5.91 Å². The van der Waals surface area contributed by atoms with Crippen molar-refractivity contribution in [2.24, 2.45) is 11.1 Å². The first-order chi connectivity index (χ1) is 10.8. The van der Waals surface area contributed by atoms with Crippen LogP contribution >= 0.6 is 0 Å². The van der Waals surface area contributed by atoms with E-state index in [1.165, 1.54) is 0 Å². The molecule has 0 aromatic carbocycles. The van der Waals surface area contributed by atoms with Gasteiger partial charge < -0.3 is 9.32 Å². The summed E-state index contributed by atoms with van der Waals surface area (Å²) in [6, 6.07) is 3.63. The number of rotatable bonds is 7. The predicted octanol–water partition coefficient (Wildman–Crippen LogP) is -0.257. The highest BCUT2D eigenvalue weighted by atomic mass is 32.2. The number of nitrogens with one attached hydrogen (secondary N) is 1. The molecule has 1 fully saturated rings. The molecule has 1 amide bonds. The highest BCUT2D eigenvalue weighted by Crippen LogP contribution is 2.16. The molecule has 2 heterocycles. The average molecular weight is 344 g/mol. The Hall–Kier alpha value is -1.42. The summed E-state index contributed by atoms with van der Waals surface area (Å²) < 4.78 is 29.5. The Balaban J connectivity index is 1.78. The van der Waals surface area contributed by atoms with Gasteiger partial charge in [0.15, 0.2) is 0 Å². The average Bonchev–Trinajstić information content (AvgIpc) is 2.97. The summed E-state index contributed by atoms with van der Waals surface area (Å²) in [7, 11) is -1.92. The molecule has 2 rings (SSSR count). The van der Waals surface area contributed by atoms with Gasteiger partial charge in [0.25, 0.3) is 10.2 Å². The lowest BCUT2D eigenvalue weighted by Crippen LogP contribution is -2.46. The standard InChI is InChI=1S/C14H24N4O4S/c1-17(10-13-5-3-7-22-13)14(19)11-18-6-2-4-12(9-18)8-16-23(15,20)21/h3,5,7,12,16H,2,4,6,8-11H2,1H3,(H2,15,20,21). The van der Waals surface area contributed by atoms with E-state index < -0.39 is 10.2 Å². The lowest BCUT2D eigenvalue weighted by Gasteiger charge is -2.33. The maximum Gasteiger partial charge on any atom is 0.274 e. The minimum atomic E-state index is -3.66. The topological polar surface area (TPSA) is 109 Å². The van der Waals surface area contributed by atoms with Crippen LogP contribution in [0.4, 0.5) is 0 Å². The molecule has 8 nitrogen and oxygen atoms in total. The molecule has 3 N–H and O–H groups in total. The number of hydrogen-bond donors (Lipinski definition) is 2. The predicted molar refractivity (Wildman–Crippen MR) is 85.5 cm³/mol. The molecule has 0 radical (unpaired) electrons. The van der Waals surface area contributed by atoms with Crippen LogP contribution in [-0.2, 0) is 21.5 Å². The Labute approximate surface area is 136 Å². The smallest absolute Gasteiger partial charge is 0.274 e. The van der Waals surface area contributed by atoms with Crippen LogP contribution in [0, 0.1) is 5.92 Å². The third-order valence-electron chi connectivity index (χ3n) is 3.93. The molecule has 1 aromatic rings. The van der Waals surface area contributed by atoms with Gasteiger partial charge in [0.1, 0.15) is 5.76 Å². The van der Waals surface area contributed by atoms with E-state index in [1.54, 1.807) is 24.3 Å². The quantitative estimate of drug-likeness (QED) is 0.708. The van der Waals surface area contributed by atoms with Gasteiger partial charge >= 0.3 is 0 Å². The SMILES string of the molecule is CN(Cc1ccco1)C(=O)CN1CCCC(CNS(N)(=O)=O)C1. The van der Waals surface area contributed by atoms with E-state index in [2.05, 4.69) is 9.62 Å². The zero-order valence-corrected chi connectivity index (χ0v) is 14.1. The molecule has 1 atom stereocenters. The van der Waals surface area contributed by atoms with Gasteiger partial charge in [-0.05, 0) is 37.4 Å². The second kappa shape index (κ2) is 7.91. The van der Waals surface area contributed by atoms with E-state index in [0.717, 1.165) is 25.1 Å². The maximum absolute atomic E-state index is 12.3. The van der Waals surface area contributed by atoms with Gasteiger partial charge in [-0.2, -0.15) is 8.42 Å². The van der Waals surface area contributed by atoms with Crippen LogP contribution in [0.2, 0.25) is 0 Å². The zero-order valence-electron chi connectivity index (χ0n) is 13.3. The number of likely N-dealkylation sites (N-methyl/N-ethyl adjacent to an activating group) is 1. The van der Waals surface area contributed by atoms with Crippen molar-refractivity contribution < 1.29 is 17.6 Å². The van der Waals surface area contributed by atoms with E-state index in [4.69, 9.17) is 9.56 Å². The second-order valence-corrected chi connectivity index (χ2v) is 7.34. The molecule has 0 spiro atoms. The van der Waals surface area contributed by atoms with Crippen molar-refractivity contribution in [3.05, 3.63) is 24.2 Å². The molecule has 1 unspecified atom stereocenters. The number of hydrogen-bond acceptors (Lipinski definition) is 5. The lowest BCUT2D eigenvalue weighted by atomic mass is 9.98. The van der Waals surface area contributed by atoms with Gasteiger partial charge in [0.05, 0.1) is 19.4 Å². The number of piperidine rings is 1. The number of carbonyl (C=O) groups excluding carboxylic acids is 1. The van der Waals surface area contributed by atoms with Crippen LogP contribution in [0.1, 0.15) is 18.6 Å². The number of furan rings is 1. The highest BCUT2D eigenvalue weighted by Gasteiger charge is 2.23. The summed E-state index contributed by atoms with van der Waals surface area (Å²) in [6.07, 6.45) is 3.45. The van der Waals surface area contributed by atoms with Gasteiger partial charge in [-0.15, -0.1) is 0 Å². The summed E-state index contributed by atoms with van der Waals surface area (Å²) in [5.74, 6) is 0.932. The number of likely N-dealkylation sites (tertiary alicyclic amines) is 1. The summed E-state index contributed by atoms with van der Waals surface area (Å²) >= 11 is 0. The molecule has 1 saturated heterocycles. The lowest BCUT2D eigenvalue weighted by molar-refractivity contribution is -0.132. The third-order valence-corrected chi connectivity index (χ3v) is 4.50. The number of nitrogens with zero attached hydrogens (tertiary/aromatic N) is 2. The minimum Gasteiger partial charge on any atom is -0.467 e. The highest BCUT2D eigenvalue weighted by molar-refractivity contribution is 7.87. The molecule has 1 aliphatic heterocycles. The first kappa shape index (κ1) is 17.9. The van der Waals surface area contributed by atoms with Gasteiger partial charge in [0, 0.05) is 20.1 Å². The Kier molecular flexibility index (Phi) is 6.17. The number of nitrogens with two attached hydrogens (primary N) is 1. The Bertz CT molecular complexity index is 602. The van der Waals surface area contributed by atoms with Crippen molar-refractivity contribution in [1.82, 2.24) is 14.5 Å². The fourth-order valence-corrected chi connectivity index (χ4v) is 3.20. The van der Waals surface area contributed by atoms with Gasteiger partial charge in [-0.1, -0.05) is 0 Å². The van der Waals surface area contributed by atoms with Crippen LogP contribution < -0.4 is 9.86 Å². The molecule has 1 aliphatic rings. The molecule has 0 saturated carbocycles. The molecule has 23 heavy (non-hydrogen) atoms. The van der Waals surface area contributed by atoms with Crippen LogP contribution in [0.25, 0.3) is 0 Å². The first-order valence-corrected chi connectivity index (χ1v) is 9.14. The molecule has 1 aromatic heterocycles. The van der Waals surface area contributed by atoms with Crippen molar-refractivity contribution in [3.8, 4) is 0 Å². The molecular formula is C14H24N4O4S. The summed E-state index contributed by atoms with van der Waals surface area (Å²) in [5, 5.41) is 4.95. The third kappa shape index (κ3) is 6.30. The zero-order chi connectivity index (χ0) is 16.9. The van der Waals surface area contributed by atoms with E-state index in [0.29, 0.717) is 26.2 Å². The minimum absolute atomic E-state index is 0.0152. The summed E-state index contributed by atoms with van der Waals surface area (Å²) in [6.45, 7) is 2.60. The van der Waals surface area contributed by atoms with Crippen molar-refractivity contribution in [2.75, 3.05) is 33.2 Å². The van der Waals surface area contributed by atoms with Crippen LogP contribution in [0.15, 0.2) is 22.8 Å². The molecule has 0 aliphatic carbocycles. The summed E-state index contributed by atoms with van der Waals surface area (Å²) in [5.41, 5.74) is 0. The van der Waals surface area contributed by atoms with Gasteiger partial charge in [-0.3, -0.25) is 9.69 Å². The van der Waals surface area contributed by atoms with Crippen molar-refractivity contribution >= 4 is 16.1 Å². The molecule has 9 heteroatoms. The van der Waals surface area contributed by atoms with Crippen LogP contribution in [0.5, 0.6) is 0 Å². The van der Waals surface area contributed by atoms with Crippen molar-refractivity contribution in [2.45, 2.75) is 19.4 Å². The maximum atomic E-state index is 12.3.